The molecule has 2 aliphatic rings. The van der Waals surface area contributed by atoms with Gasteiger partial charge in [0.1, 0.15) is 5.76 Å². The van der Waals surface area contributed by atoms with Gasteiger partial charge in [0.15, 0.2) is 0 Å². The maximum Gasteiger partial charge on any atom is 0.245 e. The molecule has 0 atom stereocenters. The van der Waals surface area contributed by atoms with Crippen molar-refractivity contribution in [2.24, 2.45) is 10.4 Å². The van der Waals surface area contributed by atoms with Crippen LogP contribution in [0, 0.1) is 5.41 Å². The number of methoxy groups -OCH3 is 1. The van der Waals surface area contributed by atoms with Gasteiger partial charge in [-0.2, -0.15) is 0 Å². The first-order valence-electron chi connectivity index (χ1n) is 8.39. The summed E-state index contributed by atoms with van der Waals surface area (Å²) in [5, 5.41) is 2.50. The van der Waals surface area contributed by atoms with Crippen LogP contribution in [0.1, 0.15) is 27.2 Å². The average molecular weight is 355 g/mol. The van der Waals surface area contributed by atoms with E-state index in [2.05, 4.69) is 31.1 Å². The molecular weight excluding hydrogens is 330 g/mol. The summed E-state index contributed by atoms with van der Waals surface area (Å²) in [4.78, 5) is 29.2. The minimum absolute atomic E-state index is 0.227. The average Bonchev–Trinajstić information content (AvgIpc) is 2.93. The summed E-state index contributed by atoms with van der Waals surface area (Å²) in [5.74, 6) is 0.429. The highest BCUT2D eigenvalue weighted by molar-refractivity contribution is 5.87. The van der Waals surface area contributed by atoms with Crippen LogP contribution in [0.4, 0.5) is 0 Å². The predicted molar refractivity (Wildman–Crippen MR) is 102 cm³/mol. The molecule has 26 heavy (non-hydrogen) atoms. The third-order valence-electron chi connectivity index (χ3n) is 4.13. The van der Waals surface area contributed by atoms with Gasteiger partial charge in [-0.25, -0.2) is 0 Å². The van der Waals surface area contributed by atoms with Crippen molar-refractivity contribution in [3.05, 3.63) is 58.8 Å². The van der Waals surface area contributed by atoms with Gasteiger partial charge in [0.05, 0.1) is 18.5 Å². The maximum absolute atomic E-state index is 11.8. The van der Waals surface area contributed by atoms with E-state index in [1.165, 1.54) is 24.2 Å². The van der Waals surface area contributed by atoms with Gasteiger partial charge in [0.2, 0.25) is 12.3 Å². The lowest BCUT2D eigenvalue weighted by atomic mass is 9.84. The van der Waals surface area contributed by atoms with E-state index < -0.39 is 0 Å². The van der Waals surface area contributed by atoms with Crippen molar-refractivity contribution in [3.8, 4) is 0 Å². The first-order valence-corrected chi connectivity index (χ1v) is 8.39. The number of hydrogen-bond acceptors (Lipinski definition) is 4. The van der Waals surface area contributed by atoms with Gasteiger partial charge >= 0.3 is 0 Å². The molecule has 0 aromatic rings. The van der Waals surface area contributed by atoms with Gasteiger partial charge in [-0.1, -0.05) is 26.8 Å². The quantitative estimate of drug-likeness (QED) is 0.609. The Morgan fingerprint density at radius 3 is 2.69 bits per heavy atom. The van der Waals surface area contributed by atoms with Crippen LogP contribution in [-0.4, -0.2) is 37.6 Å². The first kappa shape index (κ1) is 19.4. The van der Waals surface area contributed by atoms with Gasteiger partial charge in [-0.05, 0) is 23.1 Å². The highest BCUT2D eigenvalue weighted by Crippen LogP contribution is 2.40. The number of nitrogens with zero attached hydrogens (tertiary/aromatic N) is 2. The number of allylic oxidation sites excluding steroid dienone is 5. The molecule has 0 spiro atoms. The standard InChI is InChI=1S/C20H25N3O3/c1-20(2,3)15-12-17(23(13-24)10-8-18(25)21-4)14-7-6-9-22-16(11-14)19(15)26-5/h6-10,12-13H,11H2,1-5H3,(H,21,25)/b10-8-. The zero-order chi connectivity index (χ0) is 19.3. The Kier molecular flexibility index (Phi) is 5.97. The van der Waals surface area contributed by atoms with E-state index in [1.54, 1.807) is 13.3 Å². The van der Waals surface area contributed by atoms with Gasteiger partial charge in [0.25, 0.3) is 0 Å². The van der Waals surface area contributed by atoms with Gasteiger partial charge in [-0.3, -0.25) is 19.5 Å². The Morgan fingerprint density at radius 1 is 1.38 bits per heavy atom. The molecule has 1 heterocycles. The molecule has 0 fully saturated rings. The Bertz CT molecular complexity index is 775. The number of ether oxygens (including phenoxy) is 1. The molecule has 0 unspecified atom stereocenters. The molecule has 6 heteroatoms. The second-order valence-electron chi connectivity index (χ2n) is 6.96. The molecule has 2 rings (SSSR count). The Labute approximate surface area is 154 Å². The fourth-order valence-electron chi connectivity index (χ4n) is 2.77. The number of amides is 2. The van der Waals surface area contributed by atoms with Crippen LogP contribution >= 0.6 is 0 Å². The van der Waals surface area contributed by atoms with Crippen molar-refractivity contribution in [2.45, 2.75) is 27.2 Å². The lowest BCUT2D eigenvalue weighted by Gasteiger charge is -2.26. The third kappa shape index (κ3) is 4.20. The van der Waals surface area contributed by atoms with Crippen LogP contribution in [0.15, 0.2) is 63.8 Å². The molecule has 1 N–H and O–H groups in total. The van der Waals surface area contributed by atoms with Crippen LogP contribution in [0.2, 0.25) is 0 Å². The van der Waals surface area contributed by atoms with E-state index in [4.69, 9.17) is 4.74 Å². The predicted octanol–water partition coefficient (Wildman–Crippen LogP) is 2.83. The summed E-state index contributed by atoms with van der Waals surface area (Å²) in [6.45, 7) is 6.24. The fraction of sp³-hybridized carbons (Fsp3) is 0.350. The van der Waals surface area contributed by atoms with Crippen LogP contribution < -0.4 is 5.32 Å². The van der Waals surface area contributed by atoms with Crippen LogP contribution in [0.25, 0.3) is 0 Å². The number of rotatable bonds is 5. The van der Waals surface area contributed by atoms with Crippen molar-refractivity contribution in [1.29, 1.82) is 0 Å². The Hall–Kier alpha value is -2.89. The van der Waals surface area contributed by atoms with Crippen molar-refractivity contribution in [1.82, 2.24) is 10.2 Å². The smallest absolute Gasteiger partial charge is 0.245 e. The summed E-state index contributed by atoms with van der Waals surface area (Å²) in [7, 11) is 3.17. The SMILES string of the molecule is CNC(=O)/C=C\N(C=O)C1=C2C=CC=NC(=C(OC)C(C(C)(C)C)=C1)C2. The first-order chi connectivity index (χ1) is 12.3. The molecule has 0 aromatic heterocycles. The summed E-state index contributed by atoms with van der Waals surface area (Å²) in [5.41, 5.74) is 3.13. The Balaban J connectivity index is 2.66. The molecule has 0 saturated carbocycles. The zero-order valence-electron chi connectivity index (χ0n) is 15.9. The van der Waals surface area contributed by atoms with E-state index in [0.717, 1.165) is 16.8 Å². The summed E-state index contributed by atoms with van der Waals surface area (Å²) >= 11 is 0. The molecule has 0 saturated heterocycles. The highest BCUT2D eigenvalue weighted by atomic mass is 16.5. The number of carbonyl (C=O) groups excluding carboxylic acids is 2. The second kappa shape index (κ2) is 7.99. The van der Waals surface area contributed by atoms with Crippen LogP contribution in [0.5, 0.6) is 0 Å². The molecule has 2 bridgehead atoms. The highest BCUT2D eigenvalue weighted by Gasteiger charge is 2.29. The Morgan fingerprint density at radius 2 is 2.12 bits per heavy atom. The maximum atomic E-state index is 11.8. The molecule has 6 nitrogen and oxygen atoms in total. The third-order valence-corrected chi connectivity index (χ3v) is 4.13. The molecule has 2 amide bonds. The lowest BCUT2D eigenvalue weighted by Crippen LogP contribution is -2.20. The summed E-state index contributed by atoms with van der Waals surface area (Å²) in [6, 6.07) is 0. The number of fused-ring (bicyclic) bond motifs is 2. The summed E-state index contributed by atoms with van der Waals surface area (Å²) < 4.78 is 5.68. The van der Waals surface area contributed by atoms with Gasteiger partial charge in [-0.15, -0.1) is 0 Å². The summed E-state index contributed by atoms with van der Waals surface area (Å²) in [6.07, 6.45) is 11.4. The van der Waals surface area contributed by atoms with Gasteiger partial charge < -0.3 is 10.1 Å². The number of aliphatic imine (C=N–C) groups is 1. The molecule has 138 valence electrons. The van der Waals surface area contributed by atoms with Crippen molar-refractivity contribution < 1.29 is 14.3 Å². The van der Waals surface area contributed by atoms with Crippen LogP contribution in [0.3, 0.4) is 0 Å². The van der Waals surface area contributed by atoms with E-state index in [1.807, 2.05) is 18.2 Å². The second-order valence-corrected chi connectivity index (χ2v) is 6.96. The number of carbonyl (C=O) groups is 2. The van der Waals surface area contributed by atoms with Crippen molar-refractivity contribution in [2.75, 3.05) is 14.2 Å². The van der Waals surface area contributed by atoms with Crippen molar-refractivity contribution >= 4 is 18.5 Å². The molecule has 1 aliphatic heterocycles. The number of likely N-dealkylation sites (N-methyl/N-ethyl adjacent to an activating group) is 1. The fourth-order valence-corrected chi connectivity index (χ4v) is 2.77. The molecular formula is C20H25N3O3. The molecule has 1 aliphatic carbocycles. The van der Waals surface area contributed by atoms with E-state index >= 15 is 0 Å². The molecule has 0 aromatic carbocycles. The van der Waals surface area contributed by atoms with Crippen molar-refractivity contribution in [3.63, 3.8) is 0 Å². The topological polar surface area (TPSA) is 71.0 Å². The zero-order valence-corrected chi connectivity index (χ0v) is 15.9. The minimum atomic E-state index is -0.285. The normalized spacial score (nSPS) is 17.0. The number of hydrogen-bond donors (Lipinski definition) is 1. The monoisotopic (exact) mass is 355 g/mol. The lowest BCUT2D eigenvalue weighted by molar-refractivity contribution is -0.116. The van der Waals surface area contributed by atoms with E-state index in [0.29, 0.717) is 24.3 Å². The van der Waals surface area contributed by atoms with E-state index in [9.17, 15) is 9.59 Å². The minimum Gasteiger partial charge on any atom is -0.495 e. The van der Waals surface area contributed by atoms with Crippen LogP contribution in [-0.2, 0) is 14.3 Å². The molecule has 0 radical (unpaired) electrons. The largest absolute Gasteiger partial charge is 0.495 e. The number of nitrogens with one attached hydrogen (secondary N) is 1. The van der Waals surface area contributed by atoms with E-state index in [-0.39, 0.29) is 11.3 Å². The van der Waals surface area contributed by atoms with Gasteiger partial charge in [0, 0.05) is 37.5 Å².